The van der Waals surface area contributed by atoms with E-state index in [0.717, 1.165) is 16.4 Å². The van der Waals surface area contributed by atoms with Crippen molar-refractivity contribution in [2.75, 3.05) is 5.32 Å². The molecule has 0 aliphatic heterocycles. The number of hydrogen-bond acceptors (Lipinski definition) is 2. The van der Waals surface area contributed by atoms with Crippen molar-refractivity contribution in [3.8, 4) is 5.75 Å². The third-order valence-corrected chi connectivity index (χ3v) is 2.17. The molecule has 1 aromatic rings. The van der Waals surface area contributed by atoms with E-state index in [2.05, 4.69) is 11.9 Å². The molecule has 2 nitrogen and oxygen atoms in total. The number of hydrogen-bond donors (Lipinski definition) is 1. The lowest BCUT2D eigenvalue weighted by Gasteiger charge is -2.08. The third kappa shape index (κ3) is 4.97. The van der Waals surface area contributed by atoms with Gasteiger partial charge in [-0.15, -0.1) is 0 Å². The zero-order valence-electron chi connectivity index (χ0n) is 10.6. The van der Waals surface area contributed by atoms with Gasteiger partial charge in [0, 0.05) is 5.69 Å². The van der Waals surface area contributed by atoms with Crippen LogP contribution < -0.4 is 10.1 Å². The molecule has 0 aliphatic carbocycles. The topological polar surface area (TPSA) is 21.3 Å². The normalized spacial score (nSPS) is 11.3. The number of benzene rings is 1. The summed E-state index contributed by atoms with van der Waals surface area (Å²) in [5, 5.41) is 3.06. The molecule has 1 N–H and O–H groups in total. The Morgan fingerprint density at radius 2 is 2.00 bits per heavy atom. The molecule has 0 atom stereocenters. The van der Waals surface area contributed by atoms with Crippen LogP contribution in [0.3, 0.4) is 0 Å². The fourth-order valence-electron chi connectivity index (χ4n) is 1.28. The average molecular weight is 259 g/mol. The van der Waals surface area contributed by atoms with E-state index in [1.54, 1.807) is 6.08 Å². The summed E-state index contributed by atoms with van der Waals surface area (Å²) in [4.78, 5) is 0.739. The molecule has 1 rings (SSSR count). The van der Waals surface area contributed by atoms with Crippen LogP contribution >= 0.6 is 12.2 Å². The highest BCUT2D eigenvalue weighted by Crippen LogP contribution is 2.18. The molecule has 0 saturated heterocycles. The molecule has 0 bridgehead atoms. The molecule has 0 heterocycles. The summed E-state index contributed by atoms with van der Waals surface area (Å²) in [7, 11) is 0. The summed E-state index contributed by atoms with van der Waals surface area (Å²) in [6.07, 6.45) is 7.37. The van der Waals surface area contributed by atoms with Gasteiger partial charge in [0.15, 0.2) is 0 Å². The van der Waals surface area contributed by atoms with E-state index >= 15 is 0 Å². The highest BCUT2D eigenvalue weighted by molar-refractivity contribution is 7.80. The van der Waals surface area contributed by atoms with E-state index in [1.165, 1.54) is 0 Å². The molecular formula is C15H17NOS. The Bertz CT molecular complexity index is 472. The zero-order chi connectivity index (χ0) is 13.4. The molecule has 0 unspecified atom stereocenters. The van der Waals surface area contributed by atoms with Crippen LogP contribution in [0, 0.1) is 0 Å². The van der Waals surface area contributed by atoms with Crippen molar-refractivity contribution in [1.82, 2.24) is 0 Å². The monoisotopic (exact) mass is 259 g/mol. The molecule has 0 aromatic heterocycles. The van der Waals surface area contributed by atoms with Crippen LogP contribution in [0.25, 0.3) is 0 Å². The van der Waals surface area contributed by atoms with Gasteiger partial charge in [0.05, 0.1) is 4.99 Å². The first-order valence-electron chi connectivity index (χ1n) is 5.66. The molecule has 18 heavy (non-hydrogen) atoms. The lowest BCUT2D eigenvalue weighted by molar-refractivity contribution is 0.445. The highest BCUT2D eigenvalue weighted by atomic mass is 32.1. The lowest BCUT2D eigenvalue weighted by Crippen LogP contribution is -2.02. The molecule has 0 saturated carbocycles. The second-order valence-electron chi connectivity index (χ2n) is 3.61. The first-order chi connectivity index (χ1) is 8.65. The van der Waals surface area contributed by atoms with Crippen molar-refractivity contribution in [3.05, 3.63) is 60.9 Å². The van der Waals surface area contributed by atoms with Crippen molar-refractivity contribution in [3.63, 3.8) is 0 Å². The first-order valence-corrected chi connectivity index (χ1v) is 6.07. The van der Waals surface area contributed by atoms with Crippen LogP contribution in [0.1, 0.15) is 13.8 Å². The van der Waals surface area contributed by atoms with E-state index < -0.39 is 0 Å². The fourth-order valence-corrected chi connectivity index (χ4v) is 1.40. The SMILES string of the molecule is C=C/C(=C\C=C/C)Oc1ccc(NC(C)=S)cc1. The fraction of sp³-hybridized carbons (Fsp3) is 0.133. The van der Waals surface area contributed by atoms with Crippen LogP contribution in [0.2, 0.25) is 0 Å². The summed E-state index contributed by atoms with van der Waals surface area (Å²) in [5.41, 5.74) is 0.951. The zero-order valence-corrected chi connectivity index (χ0v) is 11.5. The third-order valence-electron chi connectivity index (χ3n) is 2.06. The van der Waals surface area contributed by atoms with E-state index in [-0.39, 0.29) is 0 Å². The van der Waals surface area contributed by atoms with Crippen LogP contribution in [0.5, 0.6) is 5.75 Å². The molecule has 94 valence electrons. The van der Waals surface area contributed by atoms with Crippen molar-refractivity contribution in [1.29, 1.82) is 0 Å². The predicted molar refractivity (Wildman–Crippen MR) is 82.1 cm³/mol. The minimum Gasteiger partial charge on any atom is -0.457 e. The quantitative estimate of drug-likeness (QED) is 0.479. The summed E-state index contributed by atoms with van der Waals surface area (Å²) < 4.78 is 5.66. The van der Waals surface area contributed by atoms with Crippen molar-refractivity contribution in [2.24, 2.45) is 0 Å². The Balaban J connectivity index is 2.73. The van der Waals surface area contributed by atoms with Crippen molar-refractivity contribution >= 4 is 22.9 Å². The summed E-state index contributed by atoms with van der Waals surface area (Å²) >= 11 is 4.97. The van der Waals surface area contributed by atoms with Gasteiger partial charge in [-0.25, -0.2) is 0 Å². The molecule has 1 aromatic carbocycles. The van der Waals surface area contributed by atoms with E-state index in [4.69, 9.17) is 17.0 Å². The van der Waals surface area contributed by atoms with Gasteiger partial charge in [0.2, 0.25) is 0 Å². The van der Waals surface area contributed by atoms with Gasteiger partial charge in [-0.2, -0.15) is 0 Å². The molecule has 0 aliphatic rings. The van der Waals surface area contributed by atoms with Crippen LogP contribution in [-0.2, 0) is 0 Å². The summed E-state index contributed by atoms with van der Waals surface area (Å²) in [6.45, 7) is 7.50. The van der Waals surface area contributed by atoms with Gasteiger partial charge in [-0.05, 0) is 50.3 Å². The number of anilines is 1. The van der Waals surface area contributed by atoms with E-state index in [0.29, 0.717) is 5.76 Å². The second kappa shape index (κ2) is 7.45. The molecule has 0 fully saturated rings. The number of rotatable bonds is 5. The Hall–Kier alpha value is -1.87. The van der Waals surface area contributed by atoms with Crippen LogP contribution in [0.4, 0.5) is 5.69 Å². The predicted octanol–water partition coefficient (Wildman–Crippen LogP) is 4.47. The number of nitrogens with one attached hydrogen (secondary N) is 1. The highest BCUT2D eigenvalue weighted by Gasteiger charge is 1.97. The van der Waals surface area contributed by atoms with Gasteiger partial charge in [0.25, 0.3) is 0 Å². The smallest absolute Gasteiger partial charge is 0.127 e. The summed E-state index contributed by atoms with van der Waals surface area (Å²) in [6, 6.07) is 7.60. The second-order valence-corrected chi connectivity index (χ2v) is 4.22. The van der Waals surface area contributed by atoms with Gasteiger partial charge in [-0.3, -0.25) is 0 Å². The Labute approximate surface area is 114 Å². The number of allylic oxidation sites excluding steroid dienone is 4. The minimum atomic E-state index is 0.708. The van der Waals surface area contributed by atoms with Gasteiger partial charge < -0.3 is 10.1 Å². The maximum atomic E-state index is 5.66. The van der Waals surface area contributed by atoms with Crippen molar-refractivity contribution < 1.29 is 4.74 Å². The van der Waals surface area contributed by atoms with Crippen LogP contribution in [-0.4, -0.2) is 4.99 Å². The molecular weight excluding hydrogens is 242 g/mol. The number of ether oxygens (including phenoxy) is 1. The molecule has 0 amide bonds. The Morgan fingerprint density at radius 3 is 2.50 bits per heavy atom. The lowest BCUT2D eigenvalue weighted by atomic mass is 10.3. The van der Waals surface area contributed by atoms with E-state index in [9.17, 15) is 0 Å². The number of thiocarbonyl (C=S) groups is 1. The minimum absolute atomic E-state index is 0.708. The van der Waals surface area contributed by atoms with Crippen LogP contribution in [0.15, 0.2) is 60.9 Å². The van der Waals surface area contributed by atoms with E-state index in [1.807, 2.05) is 56.3 Å². The van der Waals surface area contributed by atoms with Crippen molar-refractivity contribution in [2.45, 2.75) is 13.8 Å². The maximum Gasteiger partial charge on any atom is 0.127 e. The largest absolute Gasteiger partial charge is 0.457 e. The molecule has 3 heteroatoms. The standard InChI is InChI=1S/C15H17NOS/c1-4-6-7-14(5-2)17-15-10-8-13(9-11-15)16-12(3)18/h4-11H,2H2,1,3H3,(H,16,18)/b6-4-,14-7+. The van der Waals surface area contributed by atoms with Gasteiger partial charge in [-0.1, -0.05) is 30.9 Å². The first kappa shape index (κ1) is 14.2. The van der Waals surface area contributed by atoms with Gasteiger partial charge >= 0.3 is 0 Å². The Morgan fingerprint density at radius 1 is 1.33 bits per heavy atom. The average Bonchev–Trinajstić information content (AvgIpc) is 2.36. The molecule has 0 radical (unpaired) electrons. The Kier molecular flexibility index (Phi) is 5.88. The maximum absolute atomic E-state index is 5.66. The molecule has 0 spiro atoms. The van der Waals surface area contributed by atoms with Gasteiger partial charge in [0.1, 0.15) is 11.5 Å². The summed E-state index contributed by atoms with van der Waals surface area (Å²) in [5.74, 6) is 1.47.